The number of aromatic nitrogens is 4. The van der Waals surface area contributed by atoms with Gasteiger partial charge in [0.15, 0.2) is 5.82 Å². The van der Waals surface area contributed by atoms with Crippen molar-refractivity contribution >= 4 is 26.0 Å². The van der Waals surface area contributed by atoms with Crippen molar-refractivity contribution in [1.29, 1.82) is 0 Å². The fraction of sp³-hybridized carbons (Fsp3) is 0.364. The summed E-state index contributed by atoms with van der Waals surface area (Å²) in [5, 5.41) is 22.4. The largest absolute Gasteiger partial charge is 0.392 e. The molecule has 2 rings (SSSR count). The molecule has 0 aliphatic heterocycles. The second-order valence-corrected chi connectivity index (χ2v) is 7.01. The summed E-state index contributed by atoms with van der Waals surface area (Å²) in [4.78, 5) is 0.0938. The first-order valence-corrected chi connectivity index (χ1v) is 8.28. The van der Waals surface area contributed by atoms with Gasteiger partial charge in [0.25, 0.3) is 0 Å². The molecule has 0 bridgehead atoms. The maximum absolute atomic E-state index is 12.5. The lowest BCUT2D eigenvalue weighted by molar-refractivity contribution is 0.281. The Balaban J connectivity index is 2.38. The molecule has 1 unspecified atom stereocenters. The van der Waals surface area contributed by atoms with E-state index in [1.807, 2.05) is 0 Å². The Morgan fingerprint density at radius 2 is 2.19 bits per heavy atom. The summed E-state index contributed by atoms with van der Waals surface area (Å²) in [6.07, 6.45) is 0. The molecule has 0 saturated heterocycles. The Hall–Kier alpha value is -1.36. The van der Waals surface area contributed by atoms with Gasteiger partial charge in [0.2, 0.25) is 10.0 Å². The zero-order chi connectivity index (χ0) is 15.6. The molecule has 1 aromatic carbocycles. The highest BCUT2D eigenvalue weighted by Crippen LogP contribution is 2.26. The summed E-state index contributed by atoms with van der Waals surface area (Å²) in [7, 11) is -3.78. The van der Waals surface area contributed by atoms with Crippen LogP contribution in [0.5, 0.6) is 0 Å². The highest BCUT2D eigenvalue weighted by Gasteiger charge is 2.23. The van der Waals surface area contributed by atoms with Crippen LogP contribution in [0, 0.1) is 6.92 Å². The van der Waals surface area contributed by atoms with Gasteiger partial charge in [-0.1, -0.05) is 21.1 Å². The topological polar surface area (TPSA) is 121 Å². The molecule has 1 aromatic heterocycles. The van der Waals surface area contributed by atoms with Gasteiger partial charge in [-0.05, 0) is 37.1 Å². The summed E-state index contributed by atoms with van der Waals surface area (Å²) >= 11 is 3.29. The van der Waals surface area contributed by atoms with E-state index in [0.717, 1.165) is 0 Å². The number of tetrazole rings is 1. The van der Waals surface area contributed by atoms with E-state index >= 15 is 0 Å². The number of halogens is 1. The van der Waals surface area contributed by atoms with Crippen molar-refractivity contribution in [2.45, 2.75) is 31.4 Å². The molecule has 0 aliphatic rings. The van der Waals surface area contributed by atoms with E-state index in [2.05, 4.69) is 41.3 Å². The van der Waals surface area contributed by atoms with Gasteiger partial charge in [-0.2, -0.15) is 5.21 Å². The zero-order valence-corrected chi connectivity index (χ0v) is 13.7. The highest BCUT2D eigenvalue weighted by molar-refractivity contribution is 9.10. The summed E-state index contributed by atoms with van der Waals surface area (Å²) in [6, 6.07) is 2.48. The zero-order valence-electron chi connectivity index (χ0n) is 11.3. The van der Waals surface area contributed by atoms with Crippen LogP contribution >= 0.6 is 15.9 Å². The third kappa shape index (κ3) is 3.46. The van der Waals surface area contributed by atoms with Gasteiger partial charge in [0, 0.05) is 4.47 Å². The minimum atomic E-state index is -3.78. The SMILES string of the molecule is Cc1c(Br)cc(CO)cc1S(=O)(=O)NC(C)c1nn[nH]n1. The summed E-state index contributed by atoms with van der Waals surface area (Å²) in [5.74, 6) is 0.244. The summed E-state index contributed by atoms with van der Waals surface area (Å²) in [5.41, 5.74) is 1.06. The molecule has 10 heteroatoms. The quantitative estimate of drug-likeness (QED) is 0.710. The number of hydrogen-bond donors (Lipinski definition) is 3. The van der Waals surface area contributed by atoms with Crippen LogP contribution in [0.2, 0.25) is 0 Å². The number of aromatic amines is 1. The minimum absolute atomic E-state index is 0.0938. The standard InChI is InChI=1S/C11H14BrN5O3S/c1-6-9(12)3-8(5-18)4-10(6)21(19,20)15-7(2)11-13-16-17-14-11/h3-4,7,15,18H,5H2,1-2H3,(H,13,14,16,17). The van der Waals surface area contributed by atoms with Crippen LogP contribution in [-0.4, -0.2) is 34.1 Å². The first-order valence-electron chi connectivity index (χ1n) is 6.00. The molecule has 0 fully saturated rings. The Morgan fingerprint density at radius 3 is 2.76 bits per heavy atom. The maximum atomic E-state index is 12.5. The maximum Gasteiger partial charge on any atom is 0.241 e. The van der Waals surface area contributed by atoms with E-state index in [1.54, 1.807) is 19.9 Å². The molecule has 0 radical (unpaired) electrons. The number of sulfonamides is 1. The van der Waals surface area contributed by atoms with E-state index in [4.69, 9.17) is 0 Å². The first-order chi connectivity index (χ1) is 9.85. The van der Waals surface area contributed by atoms with E-state index in [1.165, 1.54) is 6.07 Å². The summed E-state index contributed by atoms with van der Waals surface area (Å²) < 4.78 is 28.1. The van der Waals surface area contributed by atoms with E-state index < -0.39 is 16.1 Å². The second-order valence-electron chi connectivity index (χ2n) is 4.47. The first kappa shape index (κ1) is 16.0. The molecule has 1 heterocycles. The second kappa shape index (κ2) is 6.18. The fourth-order valence-electron chi connectivity index (χ4n) is 1.78. The lowest BCUT2D eigenvalue weighted by atomic mass is 10.2. The van der Waals surface area contributed by atoms with Crippen molar-refractivity contribution in [3.63, 3.8) is 0 Å². The van der Waals surface area contributed by atoms with Gasteiger partial charge in [0.1, 0.15) is 0 Å². The van der Waals surface area contributed by atoms with Crippen molar-refractivity contribution in [1.82, 2.24) is 25.3 Å². The van der Waals surface area contributed by atoms with Crippen LogP contribution in [0.15, 0.2) is 21.5 Å². The van der Waals surface area contributed by atoms with Crippen LogP contribution in [0.25, 0.3) is 0 Å². The van der Waals surface area contributed by atoms with Crippen molar-refractivity contribution < 1.29 is 13.5 Å². The van der Waals surface area contributed by atoms with Gasteiger partial charge >= 0.3 is 0 Å². The molecule has 0 saturated carbocycles. The van der Waals surface area contributed by atoms with Gasteiger partial charge in [-0.15, -0.1) is 10.2 Å². The normalized spacial score (nSPS) is 13.3. The molecule has 114 valence electrons. The van der Waals surface area contributed by atoms with Crippen molar-refractivity contribution in [3.05, 3.63) is 33.6 Å². The van der Waals surface area contributed by atoms with E-state index in [9.17, 15) is 13.5 Å². The van der Waals surface area contributed by atoms with Gasteiger partial charge in [-0.3, -0.25) is 0 Å². The number of hydrogen-bond acceptors (Lipinski definition) is 6. The number of benzene rings is 1. The predicted molar refractivity (Wildman–Crippen MR) is 77.7 cm³/mol. The van der Waals surface area contributed by atoms with Crippen LogP contribution in [0.3, 0.4) is 0 Å². The number of nitrogens with zero attached hydrogens (tertiary/aromatic N) is 3. The molecular weight excluding hydrogens is 362 g/mol. The lowest BCUT2D eigenvalue weighted by Crippen LogP contribution is -2.28. The Bertz CT molecular complexity index is 733. The Morgan fingerprint density at radius 1 is 1.48 bits per heavy atom. The smallest absolute Gasteiger partial charge is 0.241 e. The van der Waals surface area contributed by atoms with Gasteiger partial charge < -0.3 is 5.11 Å². The minimum Gasteiger partial charge on any atom is -0.392 e. The lowest BCUT2D eigenvalue weighted by Gasteiger charge is -2.14. The Labute approximate surface area is 130 Å². The van der Waals surface area contributed by atoms with E-state index in [-0.39, 0.29) is 17.3 Å². The molecule has 1 atom stereocenters. The van der Waals surface area contributed by atoms with Crippen molar-refractivity contribution in [3.8, 4) is 0 Å². The highest BCUT2D eigenvalue weighted by atomic mass is 79.9. The molecule has 0 spiro atoms. The van der Waals surface area contributed by atoms with Crippen LogP contribution in [0.4, 0.5) is 0 Å². The third-order valence-electron chi connectivity index (χ3n) is 2.91. The van der Waals surface area contributed by atoms with Gasteiger partial charge in [0.05, 0.1) is 17.5 Å². The molecule has 21 heavy (non-hydrogen) atoms. The van der Waals surface area contributed by atoms with E-state index in [0.29, 0.717) is 15.6 Å². The molecule has 2 aromatic rings. The number of rotatable bonds is 5. The van der Waals surface area contributed by atoms with Crippen molar-refractivity contribution in [2.75, 3.05) is 0 Å². The number of aliphatic hydroxyl groups excluding tert-OH is 1. The van der Waals surface area contributed by atoms with Crippen molar-refractivity contribution in [2.24, 2.45) is 0 Å². The molecular formula is C11H14BrN5O3S. The molecule has 8 nitrogen and oxygen atoms in total. The fourth-order valence-corrected chi connectivity index (χ4v) is 3.94. The average molecular weight is 376 g/mol. The number of H-pyrrole nitrogens is 1. The van der Waals surface area contributed by atoms with Crippen LogP contribution in [-0.2, 0) is 16.6 Å². The average Bonchev–Trinajstić information content (AvgIpc) is 2.95. The van der Waals surface area contributed by atoms with Gasteiger partial charge in [-0.25, -0.2) is 13.1 Å². The van der Waals surface area contributed by atoms with Crippen LogP contribution < -0.4 is 4.72 Å². The van der Waals surface area contributed by atoms with Crippen LogP contribution in [0.1, 0.15) is 29.9 Å². The molecule has 3 N–H and O–H groups in total. The third-order valence-corrected chi connectivity index (χ3v) is 5.40. The summed E-state index contributed by atoms with van der Waals surface area (Å²) in [6.45, 7) is 3.04. The molecule has 0 amide bonds. The number of nitrogens with one attached hydrogen (secondary N) is 2. The number of aliphatic hydroxyl groups is 1. The molecule has 0 aliphatic carbocycles. The predicted octanol–water partition coefficient (Wildman–Crippen LogP) is 0.802. The Kier molecular flexibility index (Phi) is 4.71. The monoisotopic (exact) mass is 375 g/mol.